The fraction of sp³-hybridized carbons (Fsp3) is 1.00. The van der Waals surface area contributed by atoms with E-state index in [-0.39, 0.29) is 0 Å². The summed E-state index contributed by atoms with van der Waals surface area (Å²) in [5.41, 5.74) is 0. The van der Waals surface area contributed by atoms with Crippen LogP contribution in [0.1, 0.15) is 46.0 Å². The normalized spacial score (nSPS) is 31.8. The third-order valence-corrected chi connectivity index (χ3v) is 4.94. The predicted octanol–water partition coefficient (Wildman–Crippen LogP) is 2.74. The molecule has 0 aromatic heterocycles. The van der Waals surface area contributed by atoms with Crippen LogP contribution in [0, 0.1) is 17.8 Å². The molecule has 0 unspecified atom stereocenters. The standard InChI is InChI=1S/C15H30N2/c1-12(2)14-10-15(11-14)16-7-4-13-5-8-17(3)9-6-13/h12-16H,4-11H2,1-3H3. The minimum atomic E-state index is 0.841. The highest BCUT2D eigenvalue weighted by atomic mass is 15.1. The predicted molar refractivity (Wildman–Crippen MR) is 74.2 cm³/mol. The fourth-order valence-electron chi connectivity index (χ4n) is 3.22. The van der Waals surface area contributed by atoms with Crippen LogP contribution >= 0.6 is 0 Å². The van der Waals surface area contributed by atoms with Crippen LogP contribution in [-0.4, -0.2) is 37.6 Å². The Morgan fingerprint density at radius 3 is 2.41 bits per heavy atom. The summed E-state index contributed by atoms with van der Waals surface area (Å²) in [5.74, 6) is 2.87. The van der Waals surface area contributed by atoms with E-state index in [9.17, 15) is 0 Å². The minimum absolute atomic E-state index is 0.841. The van der Waals surface area contributed by atoms with E-state index in [0.29, 0.717) is 0 Å². The molecule has 17 heavy (non-hydrogen) atoms. The van der Waals surface area contributed by atoms with Gasteiger partial charge in [0.1, 0.15) is 0 Å². The summed E-state index contributed by atoms with van der Waals surface area (Å²) in [6, 6.07) is 0.841. The summed E-state index contributed by atoms with van der Waals surface area (Å²) < 4.78 is 0. The molecule has 2 nitrogen and oxygen atoms in total. The van der Waals surface area contributed by atoms with E-state index in [1.165, 1.54) is 51.7 Å². The first-order valence-electron chi connectivity index (χ1n) is 7.57. The quantitative estimate of drug-likeness (QED) is 0.792. The molecule has 2 aliphatic rings. The zero-order valence-corrected chi connectivity index (χ0v) is 11.9. The van der Waals surface area contributed by atoms with Crippen LogP contribution in [0.4, 0.5) is 0 Å². The van der Waals surface area contributed by atoms with E-state index < -0.39 is 0 Å². The lowest BCUT2D eigenvalue weighted by Crippen LogP contribution is -2.44. The Balaban J connectivity index is 1.50. The first kappa shape index (κ1) is 13.4. The van der Waals surface area contributed by atoms with Gasteiger partial charge in [0.05, 0.1) is 0 Å². The molecule has 0 aromatic rings. The van der Waals surface area contributed by atoms with Gasteiger partial charge in [0.2, 0.25) is 0 Å². The van der Waals surface area contributed by atoms with E-state index in [1.807, 2.05) is 0 Å². The van der Waals surface area contributed by atoms with Crippen molar-refractivity contribution in [3.05, 3.63) is 0 Å². The molecule has 0 atom stereocenters. The van der Waals surface area contributed by atoms with Crippen molar-refractivity contribution in [3.63, 3.8) is 0 Å². The molecule has 1 saturated carbocycles. The van der Waals surface area contributed by atoms with E-state index in [2.05, 4.69) is 31.1 Å². The number of hydrogen-bond acceptors (Lipinski definition) is 2. The van der Waals surface area contributed by atoms with Crippen molar-refractivity contribution in [2.24, 2.45) is 17.8 Å². The van der Waals surface area contributed by atoms with Crippen molar-refractivity contribution in [2.45, 2.75) is 52.0 Å². The Morgan fingerprint density at radius 2 is 1.82 bits per heavy atom. The zero-order valence-electron chi connectivity index (χ0n) is 11.9. The van der Waals surface area contributed by atoms with E-state index in [0.717, 1.165) is 23.8 Å². The molecular formula is C15H30N2. The maximum atomic E-state index is 3.75. The largest absolute Gasteiger partial charge is 0.314 e. The zero-order chi connectivity index (χ0) is 12.3. The summed E-state index contributed by atoms with van der Waals surface area (Å²) >= 11 is 0. The molecular weight excluding hydrogens is 208 g/mol. The molecule has 100 valence electrons. The van der Waals surface area contributed by atoms with Crippen molar-refractivity contribution in [3.8, 4) is 0 Å². The Morgan fingerprint density at radius 1 is 1.18 bits per heavy atom. The maximum absolute atomic E-state index is 3.75. The van der Waals surface area contributed by atoms with Gasteiger partial charge in [0, 0.05) is 6.04 Å². The molecule has 2 rings (SSSR count). The average Bonchev–Trinajstić information content (AvgIpc) is 2.23. The molecule has 1 heterocycles. The highest BCUT2D eigenvalue weighted by Gasteiger charge is 2.30. The van der Waals surface area contributed by atoms with Gasteiger partial charge in [-0.05, 0) is 76.5 Å². The summed E-state index contributed by atoms with van der Waals surface area (Å²) in [6.07, 6.45) is 7.07. The van der Waals surface area contributed by atoms with Gasteiger partial charge in [-0.15, -0.1) is 0 Å². The summed E-state index contributed by atoms with van der Waals surface area (Å²) in [7, 11) is 2.24. The summed E-state index contributed by atoms with van der Waals surface area (Å²) in [5, 5.41) is 3.75. The fourth-order valence-corrected chi connectivity index (χ4v) is 3.22. The number of piperidine rings is 1. The number of hydrogen-bond donors (Lipinski definition) is 1. The first-order valence-corrected chi connectivity index (χ1v) is 7.57. The highest BCUT2D eigenvalue weighted by molar-refractivity contribution is 4.86. The molecule has 2 fully saturated rings. The van der Waals surface area contributed by atoms with Gasteiger partial charge in [0.15, 0.2) is 0 Å². The number of likely N-dealkylation sites (tertiary alicyclic amines) is 1. The van der Waals surface area contributed by atoms with Crippen LogP contribution in [0.3, 0.4) is 0 Å². The molecule has 0 spiro atoms. The topological polar surface area (TPSA) is 15.3 Å². The van der Waals surface area contributed by atoms with Crippen LogP contribution in [-0.2, 0) is 0 Å². The number of nitrogens with one attached hydrogen (secondary N) is 1. The van der Waals surface area contributed by atoms with Crippen LogP contribution in [0.25, 0.3) is 0 Å². The summed E-state index contributed by atoms with van der Waals surface area (Å²) in [6.45, 7) is 8.59. The van der Waals surface area contributed by atoms with E-state index in [4.69, 9.17) is 0 Å². The number of rotatable bonds is 5. The molecule has 0 radical (unpaired) electrons. The Hall–Kier alpha value is -0.0800. The minimum Gasteiger partial charge on any atom is -0.314 e. The van der Waals surface area contributed by atoms with E-state index >= 15 is 0 Å². The van der Waals surface area contributed by atoms with Crippen molar-refractivity contribution in [1.29, 1.82) is 0 Å². The molecule has 1 aliphatic heterocycles. The molecule has 0 amide bonds. The first-order chi connectivity index (χ1) is 8.15. The second-order valence-electron chi connectivity index (χ2n) is 6.66. The van der Waals surface area contributed by atoms with Gasteiger partial charge in [0.25, 0.3) is 0 Å². The SMILES string of the molecule is CC(C)C1CC(NCCC2CCN(C)CC2)C1. The van der Waals surface area contributed by atoms with Gasteiger partial charge in [-0.3, -0.25) is 0 Å². The van der Waals surface area contributed by atoms with Gasteiger partial charge in [-0.25, -0.2) is 0 Å². The van der Waals surface area contributed by atoms with Crippen molar-refractivity contribution >= 4 is 0 Å². The summed E-state index contributed by atoms with van der Waals surface area (Å²) in [4.78, 5) is 2.46. The van der Waals surface area contributed by atoms with Crippen LogP contribution in [0.5, 0.6) is 0 Å². The van der Waals surface area contributed by atoms with Gasteiger partial charge >= 0.3 is 0 Å². The monoisotopic (exact) mass is 238 g/mol. The third-order valence-electron chi connectivity index (χ3n) is 4.94. The van der Waals surface area contributed by atoms with Crippen LogP contribution < -0.4 is 5.32 Å². The van der Waals surface area contributed by atoms with Crippen molar-refractivity contribution in [1.82, 2.24) is 10.2 Å². The molecule has 1 N–H and O–H groups in total. The van der Waals surface area contributed by atoms with Gasteiger partial charge in [-0.2, -0.15) is 0 Å². The lowest BCUT2D eigenvalue weighted by atomic mass is 9.73. The molecule has 0 bridgehead atoms. The van der Waals surface area contributed by atoms with E-state index in [1.54, 1.807) is 0 Å². The second-order valence-corrected chi connectivity index (χ2v) is 6.66. The Labute approximate surface area is 107 Å². The van der Waals surface area contributed by atoms with Crippen molar-refractivity contribution in [2.75, 3.05) is 26.7 Å². The number of nitrogens with zero attached hydrogens (tertiary/aromatic N) is 1. The van der Waals surface area contributed by atoms with Gasteiger partial charge in [-0.1, -0.05) is 13.8 Å². The van der Waals surface area contributed by atoms with Crippen molar-refractivity contribution < 1.29 is 0 Å². The van der Waals surface area contributed by atoms with Gasteiger partial charge < -0.3 is 10.2 Å². The lowest BCUT2D eigenvalue weighted by Gasteiger charge is -2.39. The Bertz CT molecular complexity index is 213. The molecule has 1 saturated heterocycles. The van der Waals surface area contributed by atoms with Crippen LogP contribution in [0.15, 0.2) is 0 Å². The maximum Gasteiger partial charge on any atom is 0.00725 e. The molecule has 2 heteroatoms. The Kier molecular flexibility index (Phi) is 4.87. The highest BCUT2D eigenvalue weighted by Crippen LogP contribution is 2.33. The molecule has 0 aromatic carbocycles. The molecule has 1 aliphatic carbocycles. The third kappa shape index (κ3) is 3.96. The lowest BCUT2D eigenvalue weighted by molar-refractivity contribution is 0.161. The smallest absolute Gasteiger partial charge is 0.00725 e. The van der Waals surface area contributed by atoms with Crippen LogP contribution in [0.2, 0.25) is 0 Å². The average molecular weight is 238 g/mol. The second kappa shape index (κ2) is 6.19.